The Morgan fingerprint density at radius 1 is 1.43 bits per heavy atom. The molecule has 7 heteroatoms. The van der Waals surface area contributed by atoms with Gasteiger partial charge in [0, 0.05) is 25.7 Å². The fraction of sp³-hybridized carbons (Fsp3) is 0.429. The van der Waals surface area contributed by atoms with Crippen LogP contribution in [0.25, 0.3) is 11.4 Å². The third-order valence-corrected chi connectivity index (χ3v) is 3.56. The first-order valence-corrected chi connectivity index (χ1v) is 6.92. The van der Waals surface area contributed by atoms with Crippen molar-refractivity contribution in [3.63, 3.8) is 0 Å². The Morgan fingerprint density at radius 2 is 2.29 bits per heavy atom. The van der Waals surface area contributed by atoms with Crippen molar-refractivity contribution in [3.8, 4) is 17.1 Å². The van der Waals surface area contributed by atoms with Crippen LogP contribution in [0.15, 0.2) is 18.2 Å². The molecule has 0 unspecified atom stereocenters. The molecule has 2 aromatic rings. The Morgan fingerprint density at radius 3 is 3.05 bits per heavy atom. The molecule has 21 heavy (non-hydrogen) atoms. The predicted molar refractivity (Wildman–Crippen MR) is 78.0 cm³/mol. The number of aromatic amines is 1. The van der Waals surface area contributed by atoms with Crippen molar-refractivity contribution in [1.82, 2.24) is 20.5 Å². The van der Waals surface area contributed by atoms with Gasteiger partial charge < -0.3 is 15.0 Å². The summed E-state index contributed by atoms with van der Waals surface area (Å²) in [5, 5.41) is 10.4. The number of hydrogen-bond acceptors (Lipinski definition) is 5. The van der Waals surface area contributed by atoms with Crippen LogP contribution in [-0.2, 0) is 0 Å². The zero-order valence-electron chi connectivity index (χ0n) is 12.1. The van der Waals surface area contributed by atoms with Gasteiger partial charge in [-0.05, 0) is 19.1 Å². The van der Waals surface area contributed by atoms with Crippen LogP contribution in [0, 0.1) is 5.82 Å². The topological polar surface area (TPSA) is 66.1 Å². The summed E-state index contributed by atoms with van der Waals surface area (Å²) in [6.45, 7) is 4.65. The smallest absolute Gasteiger partial charge is 0.245 e. The van der Waals surface area contributed by atoms with E-state index in [0.29, 0.717) is 29.1 Å². The van der Waals surface area contributed by atoms with Crippen molar-refractivity contribution < 1.29 is 9.13 Å². The molecule has 6 nitrogen and oxygen atoms in total. The molecular weight excluding hydrogens is 273 g/mol. The number of hydrogen-bond donors (Lipinski definition) is 2. The standard InChI is InChI=1S/C14H18FN5O/c1-9-8-20(7-6-16-9)14-17-13(18-19-14)12-10(15)4-3-5-11(12)21-2/h3-5,9,16H,6-8H2,1-2H3,(H,17,18,19)/t9-/m1/s1. The van der Waals surface area contributed by atoms with Gasteiger partial charge in [0.2, 0.25) is 5.95 Å². The summed E-state index contributed by atoms with van der Waals surface area (Å²) in [5.74, 6) is 1.02. The number of aromatic nitrogens is 3. The molecular formula is C14H18FN5O. The Kier molecular flexibility index (Phi) is 3.74. The number of rotatable bonds is 3. The summed E-state index contributed by atoms with van der Waals surface area (Å²) < 4.78 is 19.2. The summed E-state index contributed by atoms with van der Waals surface area (Å²) in [6.07, 6.45) is 0. The van der Waals surface area contributed by atoms with E-state index in [1.807, 2.05) is 0 Å². The van der Waals surface area contributed by atoms with E-state index in [1.54, 1.807) is 12.1 Å². The molecule has 3 rings (SSSR count). The van der Waals surface area contributed by atoms with Gasteiger partial charge in [0.15, 0.2) is 5.82 Å². The normalized spacial score (nSPS) is 18.8. The molecule has 2 heterocycles. The fourth-order valence-corrected chi connectivity index (χ4v) is 2.52. The molecule has 0 spiro atoms. The first-order valence-electron chi connectivity index (χ1n) is 6.92. The van der Waals surface area contributed by atoms with Crippen LogP contribution in [0.5, 0.6) is 5.75 Å². The van der Waals surface area contributed by atoms with Gasteiger partial charge in [-0.3, -0.25) is 5.10 Å². The molecule has 112 valence electrons. The van der Waals surface area contributed by atoms with Gasteiger partial charge in [0.05, 0.1) is 12.7 Å². The maximum absolute atomic E-state index is 14.0. The number of nitrogens with one attached hydrogen (secondary N) is 2. The number of ether oxygens (including phenoxy) is 1. The lowest BCUT2D eigenvalue weighted by atomic mass is 10.2. The number of piperazine rings is 1. The zero-order valence-corrected chi connectivity index (χ0v) is 12.1. The first-order chi connectivity index (χ1) is 10.2. The average Bonchev–Trinajstić information content (AvgIpc) is 2.96. The van der Waals surface area contributed by atoms with Crippen molar-refractivity contribution in [2.24, 2.45) is 0 Å². The Balaban J connectivity index is 1.92. The van der Waals surface area contributed by atoms with E-state index in [-0.39, 0.29) is 5.82 Å². The van der Waals surface area contributed by atoms with E-state index in [9.17, 15) is 4.39 Å². The molecule has 1 fully saturated rings. The van der Waals surface area contributed by atoms with E-state index in [0.717, 1.165) is 19.6 Å². The average molecular weight is 291 g/mol. The molecule has 0 radical (unpaired) electrons. The highest BCUT2D eigenvalue weighted by molar-refractivity contribution is 5.65. The van der Waals surface area contributed by atoms with E-state index in [1.165, 1.54) is 13.2 Å². The van der Waals surface area contributed by atoms with Crippen LogP contribution in [0.1, 0.15) is 6.92 Å². The van der Waals surface area contributed by atoms with Crippen LogP contribution >= 0.6 is 0 Å². The highest BCUT2D eigenvalue weighted by Crippen LogP contribution is 2.30. The second kappa shape index (κ2) is 5.69. The predicted octanol–water partition coefficient (Wildman–Crippen LogP) is 1.42. The maximum atomic E-state index is 14.0. The molecule has 0 bridgehead atoms. The van der Waals surface area contributed by atoms with Crippen LogP contribution in [-0.4, -0.2) is 48.0 Å². The number of methoxy groups -OCH3 is 1. The third kappa shape index (κ3) is 2.69. The van der Waals surface area contributed by atoms with Crippen LogP contribution in [0.2, 0.25) is 0 Å². The maximum Gasteiger partial charge on any atom is 0.245 e. The van der Waals surface area contributed by atoms with E-state index in [4.69, 9.17) is 4.74 Å². The first kappa shape index (κ1) is 13.8. The molecule has 0 amide bonds. The number of benzene rings is 1. The van der Waals surface area contributed by atoms with Crippen molar-refractivity contribution >= 4 is 5.95 Å². The number of nitrogens with zero attached hydrogens (tertiary/aromatic N) is 3. The molecule has 1 aromatic heterocycles. The molecule has 0 saturated carbocycles. The molecule has 1 aliphatic heterocycles. The van der Waals surface area contributed by atoms with Crippen LogP contribution in [0.3, 0.4) is 0 Å². The Bertz CT molecular complexity index is 630. The van der Waals surface area contributed by atoms with E-state index in [2.05, 4.69) is 32.3 Å². The molecule has 1 saturated heterocycles. The van der Waals surface area contributed by atoms with E-state index >= 15 is 0 Å². The van der Waals surface area contributed by atoms with Crippen molar-refractivity contribution in [2.45, 2.75) is 13.0 Å². The Labute approximate surface area is 122 Å². The second-order valence-electron chi connectivity index (χ2n) is 5.10. The van der Waals surface area contributed by atoms with Crippen LogP contribution in [0.4, 0.5) is 10.3 Å². The van der Waals surface area contributed by atoms with Crippen molar-refractivity contribution in [1.29, 1.82) is 0 Å². The summed E-state index contributed by atoms with van der Waals surface area (Å²) in [4.78, 5) is 6.50. The zero-order chi connectivity index (χ0) is 14.8. The number of H-pyrrole nitrogens is 1. The highest BCUT2D eigenvalue weighted by Gasteiger charge is 2.21. The van der Waals surface area contributed by atoms with Gasteiger partial charge in [-0.2, -0.15) is 4.98 Å². The molecule has 2 N–H and O–H groups in total. The summed E-state index contributed by atoms with van der Waals surface area (Å²) in [6, 6.07) is 5.07. The fourth-order valence-electron chi connectivity index (χ4n) is 2.52. The lowest BCUT2D eigenvalue weighted by Gasteiger charge is -2.30. The van der Waals surface area contributed by atoms with Crippen molar-refractivity contribution in [2.75, 3.05) is 31.6 Å². The minimum absolute atomic E-state index is 0.307. The van der Waals surface area contributed by atoms with Crippen LogP contribution < -0.4 is 15.0 Å². The largest absolute Gasteiger partial charge is 0.496 e. The second-order valence-corrected chi connectivity index (χ2v) is 5.10. The monoisotopic (exact) mass is 291 g/mol. The summed E-state index contributed by atoms with van der Waals surface area (Å²) in [7, 11) is 1.51. The van der Waals surface area contributed by atoms with E-state index < -0.39 is 0 Å². The molecule has 1 aromatic carbocycles. The molecule has 1 aliphatic rings. The lowest BCUT2D eigenvalue weighted by Crippen LogP contribution is -2.49. The minimum Gasteiger partial charge on any atom is -0.496 e. The lowest BCUT2D eigenvalue weighted by molar-refractivity contribution is 0.413. The summed E-state index contributed by atoms with van der Waals surface area (Å²) in [5.41, 5.74) is 0.307. The number of halogens is 1. The quantitative estimate of drug-likeness (QED) is 0.895. The van der Waals surface area contributed by atoms with Gasteiger partial charge in [0.25, 0.3) is 0 Å². The summed E-state index contributed by atoms with van der Waals surface area (Å²) >= 11 is 0. The van der Waals surface area contributed by atoms with Crippen molar-refractivity contribution in [3.05, 3.63) is 24.0 Å². The minimum atomic E-state index is -0.384. The Hall–Kier alpha value is -2.15. The number of anilines is 1. The SMILES string of the molecule is COc1cccc(F)c1-c1nc(N2CCN[C@H](C)C2)n[nH]1. The molecule has 1 atom stereocenters. The van der Waals surface area contributed by atoms with Gasteiger partial charge in [0.1, 0.15) is 11.6 Å². The van der Waals surface area contributed by atoms with Gasteiger partial charge in [-0.15, -0.1) is 5.10 Å². The van der Waals surface area contributed by atoms with Gasteiger partial charge in [-0.1, -0.05) is 6.07 Å². The van der Waals surface area contributed by atoms with Gasteiger partial charge in [-0.25, -0.2) is 4.39 Å². The third-order valence-electron chi connectivity index (χ3n) is 3.56. The van der Waals surface area contributed by atoms with Gasteiger partial charge >= 0.3 is 0 Å². The molecule has 0 aliphatic carbocycles. The highest BCUT2D eigenvalue weighted by atomic mass is 19.1.